The van der Waals surface area contributed by atoms with Crippen LogP contribution in [0.1, 0.15) is 35.6 Å². The van der Waals surface area contributed by atoms with E-state index in [0.717, 1.165) is 18.9 Å². The fraction of sp³-hybridized carbons (Fsp3) is 0.429. The minimum absolute atomic E-state index is 0. The average Bonchev–Trinajstić information content (AvgIpc) is 2.63. The van der Waals surface area contributed by atoms with Gasteiger partial charge in [0.25, 0.3) is 0 Å². The normalized spacial score (nSPS) is 21.8. The van der Waals surface area contributed by atoms with Crippen LogP contribution in [0.25, 0.3) is 0 Å². The molecule has 24 heavy (non-hydrogen) atoms. The summed E-state index contributed by atoms with van der Waals surface area (Å²) >= 11 is 0. The van der Waals surface area contributed by atoms with Crippen molar-refractivity contribution in [2.75, 3.05) is 19.6 Å². The Kier molecular flexibility index (Phi) is 5.94. The second-order valence-electron chi connectivity index (χ2n) is 7.02. The molecule has 2 aliphatic rings. The molecule has 1 unspecified atom stereocenters. The molecule has 0 radical (unpaired) electrons. The van der Waals surface area contributed by atoms with Crippen LogP contribution in [0.5, 0.6) is 0 Å². The standard InChI is InChI=1S/C21H26N2.ClH/c1-2-6-18(7-3-1)21-14-19-8-4-5-9-20(19)16-23(21)15-17-10-12-22-13-11-17;/h1-9,17,21-22H,10-16H2;1H. The number of nitrogens with one attached hydrogen (secondary N) is 1. The maximum atomic E-state index is 3.49. The lowest BCUT2D eigenvalue weighted by atomic mass is 9.88. The van der Waals surface area contributed by atoms with E-state index in [1.807, 2.05) is 0 Å². The molecule has 0 aliphatic carbocycles. The summed E-state index contributed by atoms with van der Waals surface area (Å²) in [6, 6.07) is 20.6. The van der Waals surface area contributed by atoms with Gasteiger partial charge in [0.2, 0.25) is 0 Å². The van der Waals surface area contributed by atoms with Crippen molar-refractivity contribution in [3.05, 3.63) is 71.3 Å². The highest BCUT2D eigenvalue weighted by Gasteiger charge is 2.29. The molecule has 1 saturated heterocycles. The molecule has 1 N–H and O–H groups in total. The number of benzene rings is 2. The predicted molar refractivity (Wildman–Crippen MR) is 103 cm³/mol. The van der Waals surface area contributed by atoms with Crippen molar-refractivity contribution in [1.82, 2.24) is 10.2 Å². The topological polar surface area (TPSA) is 15.3 Å². The molecular formula is C21H27ClN2. The van der Waals surface area contributed by atoms with Gasteiger partial charge < -0.3 is 5.32 Å². The van der Waals surface area contributed by atoms with Gasteiger partial charge in [0.05, 0.1) is 0 Å². The lowest BCUT2D eigenvalue weighted by molar-refractivity contribution is 0.131. The monoisotopic (exact) mass is 342 g/mol. The Morgan fingerprint density at radius 3 is 2.29 bits per heavy atom. The number of hydrogen-bond donors (Lipinski definition) is 1. The van der Waals surface area contributed by atoms with E-state index in [1.54, 1.807) is 0 Å². The van der Waals surface area contributed by atoms with Crippen LogP contribution in [-0.2, 0) is 13.0 Å². The van der Waals surface area contributed by atoms with Gasteiger partial charge in [-0.05, 0) is 55.0 Å². The Morgan fingerprint density at radius 1 is 0.875 bits per heavy atom. The quantitative estimate of drug-likeness (QED) is 0.899. The Balaban J connectivity index is 0.00000169. The zero-order valence-corrected chi connectivity index (χ0v) is 15.0. The van der Waals surface area contributed by atoms with Gasteiger partial charge in [0.15, 0.2) is 0 Å². The zero-order chi connectivity index (χ0) is 15.5. The van der Waals surface area contributed by atoms with E-state index in [2.05, 4.69) is 64.8 Å². The summed E-state index contributed by atoms with van der Waals surface area (Å²) in [6.07, 6.45) is 3.78. The highest BCUT2D eigenvalue weighted by atomic mass is 35.5. The first-order valence-corrected chi connectivity index (χ1v) is 8.96. The van der Waals surface area contributed by atoms with E-state index in [1.165, 1.54) is 49.2 Å². The molecule has 3 heteroatoms. The smallest absolute Gasteiger partial charge is 0.0392 e. The minimum Gasteiger partial charge on any atom is -0.317 e. The number of piperidine rings is 1. The van der Waals surface area contributed by atoms with Crippen LogP contribution in [0.3, 0.4) is 0 Å². The molecule has 1 fully saturated rings. The second kappa shape index (κ2) is 8.15. The van der Waals surface area contributed by atoms with Crippen molar-refractivity contribution in [1.29, 1.82) is 0 Å². The molecule has 4 rings (SSSR count). The molecule has 0 spiro atoms. The fourth-order valence-electron chi connectivity index (χ4n) is 4.17. The second-order valence-corrected chi connectivity index (χ2v) is 7.02. The van der Waals surface area contributed by atoms with Crippen LogP contribution in [-0.4, -0.2) is 24.5 Å². The third-order valence-electron chi connectivity index (χ3n) is 5.48. The van der Waals surface area contributed by atoms with Crippen LogP contribution in [0.15, 0.2) is 54.6 Å². The molecule has 2 nitrogen and oxygen atoms in total. The van der Waals surface area contributed by atoms with Gasteiger partial charge in [-0.15, -0.1) is 12.4 Å². The molecule has 1 atom stereocenters. The van der Waals surface area contributed by atoms with Crippen molar-refractivity contribution in [3.8, 4) is 0 Å². The molecular weight excluding hydrogens is 316 g/mol. The maximum Gasteiger partial charge on any atom is 0.0392 e. The molecule has 2 aromatic carbocycles. The van der Waals surface area contributed by atoms with Crippen molar-refractivity contribution in [3.63, 3.8) is 0 Å². The summed E-state index contributed by atoms with van der Waals surface area (Å²) in [4.78, 5) is 2.73. The zero-order valence-electron chi connectivity index (χ0n) is 14.2. The van der Waals surface area contributed by atoms with E-state index in [0.29, 0.717) is 6.04 Å². The number of nitrogens with zero attached hydrogens (tertiary/aromatic N) is 1. The summed E-state index contributed by atoms with van der Waals surface area (Å²) in [5.41, 5.74) is 4.52. The predicted octanol–water partition coefficient (Wildman–Crippen LogP) is 4.21. The Bertz CT molecular complexity index is 637. The summed E-state index contributed by atoms with van der Waals surface area (Å²) in [6.45, 7) is 4.70. The van der Waals surface area contributed by atoms with E-state index in [-0.39, 0.29) is 12.4 Å². The number of rotatable bonds is 3. The maximum absolute atomic E-state index is 3.49. The number of fused-ring (bicyclic) bond motifs is 1. The van der Waals surface area contributed by atoms with E-state index >= 15 is 0 Å². The van der Waals surface area contributed by atoms with Crippen molar-refractivity contribution in [2.24, 2.45) is 5.92 Å². The first kappa shape index (κ1) is 17.5. The van der Waals surface area contributed by atoms with Gasteiger partial charge in [-0.1, -0.05) is 54.6 Å². The van der Waals surface area contributed by atoms with Gasteiger partial charge in [-0.3, -0.25) is 4.90 Å². The lowest BCUT2D eigenvalue weighted by Crippen LogP contribution is -2.40. The lowest BCUT2D eigenvalue weighted by Gasteiger charge is -2.40. The molecule has 0 aromatic heterocycles. The van der Waals surface area contributed by atoms with Gasteiger partial charge in [-0.2, -0.15) is 0 Å². The highest BCUT2D eigenvalue weighted by molar-refractivity contribution is 5.85. The first-order chi connectivity index (χ1) is 11.4. The number of hydrogen-bond acceptors (Lipinski definition) is 2. The SMILES string of the molecule is Cl.c1ccc(C2Cc3ccccc3CN2CC2CCNCC2)cc1. The molecule has 0 amide bonds. The van der Waals surface area contributed by atoms with Gasteiger partial charge in [0, 0.05) is 19.1 Å². The summed E-state index contributed by atoms with van der Waals surface area (Å²) in [7, 11) is 0. The van der Waals surface area contributed by atoms with Gasteiger partial charge >= 0.3 is 0 Å². The average molecular weight is 343 g/mol. The Morgan fingerprint density at radius 2 is 1.54 bits per heavy atom. The van der Waals surface area contributed by atoms with Crippen LogP contribution in [0, 0.1) is 5.92 Å². The molecule has 128 valence electrons. The molecule has 2 aromatic rings. The molecule has 0 saturated carbocycles. The largest absolute Gasteiger partial charge is 0.317 e. The first-order valence-electron chi connectivity index (χ1n) is 8.96. The van der Waals surface area contributed by atoms with Gasteiger partial charge in [0.1, 0.15) is 0 Å². The van der Waals surface area contributed by atoms with Crippen LogP contribution < -0.4 is 5.32 Å². The molecule has 2 aliphatic heterocycles. The minimum atomic E-state index is 0. The van der Waals surface area contributed by atoms with Crippen molar-refractivity contribution < 1.29 is 0 Å². The summed E-state index contributed by atoms with van der Waals surface area (Å²) < 4.78 is 0. The molecule has 2 heterocycles. The van der Waals surface area contributed by atoms with E-state index in [4.69, 9.17) is 0 Å². The summed E-state index contributed by atoms with van der Waals surface area (Å²) in [5, 5.41) is 3.49. The third-order valence-corrected chi connectivity index (χ3v) is 5.48. The highest BCUT2D eigenvalue weighted by Crippen LogP contribution is 2.34. The van der Waals surface area contributed by atoms with Crippen LogP contribution in [0.4, 0.5) is 0 Å². The molecule has 0 bridgehead atoms. The van der Waals surface area contributed by atoms with Crippen LogP contribution in [0.2, 0.25) is 0 Å². The van der Waals surface area contributed by atoms with Crippen LogP contribution >= 0.6 is 12.4 Å². The van der Waals surface area contributed by atoms with E-state index in [9.17, 15) is 0 Å². The fourth-order valence-corrected chi connectivity index (χ4v) is 4.17. The Hall–Kier alpha value is -1.35. The van der Waals surface area contributed by atoms with Gasteiger partial charge in [-0.25, -0.2) is 0 Å². The van der Waals surface area contributed by atoms with E-state index < -0.39 is 0 Å². The number of halogens is 1. The van der Waals surface area contributed by atoms with Crippen molar-refractivity contribution in [2.45, 2.75) is 31.8 Å². The van der Waals surface area contributed by atoms with Crippen molar-refractivity contribution >= 4 is 12.4 Å². The summed E-state index contributed by atoms with van der Waals surface area (Å²) in [5.74, 6) is 0.840. The Labute approximate surface area is 151 Å². The third kappa shape index (κ3) is 3.83.